The number of thiophene rings is 1. The maximum Gasteiger partial charge on any atom is 0.186 e. The standard InChI is InChI=1S/C11H10O2S2/c1-8(12)11-6-5-10(15-11)4-3-7-14-9(2)13/h5-6H,7H2,1-2H3. The highest BCUT2D eigenvalue weighted by atomic mass is 32.2. The first-order valence-electron chi connectivity index (χ1n) is 4.32. The first-order valence-corrected chi connectivity index (χ1v) is 6.13. The van der Waals surface area contributed by atoms with Crippen molar-refractivity contribution in [1.82, 2.24) is 0 Å². The van der Waals surface area contributed by atoms with E-state index in [0.29, 0.717) is 5.75 Å². The van der Waals surface area contributed by atoms with Gasteiger partial charge in [0.1, 0.15) is 0 Å². The normalized spacial score (nSPS) is 9.20. The number of hydrogen-bond donors (Lipinski definition) is 0. The molecule has 0 unspecified atom stereocenters. The Balaban J connectivity index is 2.56. The largest absolute Gasteiger partial charge is 0.294 e. The second-order valence-corrected chi connectivity index (χ2v) is 5.04. The molecule has 4 heteroatoms. The van der Waals surface area contributed by atoms with Gasteiger partial charge >= 0.3 is 0 Å². The first-order chi connectivity index (χ1) is 7.09. The van der Waals surface area contributed by atoms with E-state index in [4.69, 9.17) is 0 Å². The molecule has 0 saturated carbocycles. The van der Waals surface area contributed by atoms with Crippen LogP contribution < -0.4 is 0 Å². The van der Waals surface area contributed by atoms with Crippen LogP contribution in [0, 0.1) is 11.8 Å². The number of Topliss-reactive ketones (excluding diaryl/α,β-unsaturated/α-hetero) is 1. The third kappa shape index (κ3) is 4.32. The third-order valence-electron chi connectivity index (χ3n) is 1.51. The lowest BCUT2D eigenvalue weighted by Crippen LogP contribution is -1.83. The van der Waals surface area contributed by atoms with Crippen LogP contribution in [0.3, 0.4) is 0 Å². The Labute approximate surface area is 97.1 Å². The Bertz CT molecular complexity index is 435. The second-order valence-electron chi connectivity index (χ2n) is 2.80. The molecule has 1 rings (SSSR count). The molecule has 0 amide bonds. The molecule has 0 spiro atoms. The van der Waals surface area contributed by atoms with Gasteiger partial charge in [0.2, 0.25) is 0 Å². The Morgan fingerprint density at radius 1 is 1.40 bits per heavy atom. The van der Waals surface area contributed by atoms with Gasteiger partial charge < -0.3 is 0 Å². The van der Waals surface area contributed by atoms with E-state index in [1.54, 1.807) is 6.07 Å². The molecule has 0 atom stereocenters. The zero-order valence-electron chi connectivity index (χ0n) is 8.49. The summed E-state index contributed by atoms with van der Waals surface area (Å²) < 4.78 is 0. The molecule has 15 heavy (non-hydrogen) atoms. The molecule has 0 aliphatic heterocycles. The van der Waals surface area contributed by atoms with Crippen LogP contribution in [-0.2, 0) is 4.79 Å². The Morgan fingerprint density at radius 2 is 2.13 bits per heavy atom. The van der Waals surface area contributed by atoms with Crippen LogP contribution in [0.4, 0.5) is 0 Å². The molecule has 1 aromatic rings. The van der Waals surface area contributed by atoms with Gasteiger partial charge in [0.05, 0.1) is 15.5 Å². The summed E-state index contributed by atoms with van der Waals surface area (Å²) in [7, 11) is 0. The van der Waals surface area contributed by atoms with Gasteiger partial charge in [-0.1, -0.05) is 23.6 Å². The van der Waals surface area contributed by atoms with Crippen LogP contribution in [0.15, 0.2) is 12.1 Å². The predicted octanol–water partition coefficient (Wildman–Crippen LogP) is 2.58. The van der Waals surface area contributed by atoms with E-state index >= 15 is 0 Å². The average Bonchev–Trinajstić information content (AvgIpc) is 2.60. The Kier molecular flexibility index (Phi) is 4.60. The zero-order valence-corrected chi connectivity index (χ0v) is 10.1. The van der Waals surface area contributed by atoms with Crippen molar-refractivity contribution in [2.75, 3.05) is 5.75 Å². The molecular formula is C11H10O2S2. The summed E-state index contributed by atoms with van der Waals surface area (Å²) in [5, 5.41) is 0.0694. The van der Waals surface area contributed by atoms with Crippen LogP contribution in [0.25, 0.3) is 0 Å². The minimum Gasteiger partial charge on any atom is -0.294 e. The van der Waals surface area contributed by atoms with Crippen molar-refractivity contribution >= 4 is 34.0 Å². The predicted molar refractivity (Wildman–Crippen MR) is 64.3 cm³/mol. The number of carbonyl (C=O) groups excluding carboxylic acids is 2. The topological polar surface area (TPSA) is 34.1 Å². The lowest BCUT2D eigenvalue weighted by atomic mass is 10.3. The van der Waals surface area contributed by atoms with Crippen LogP contribution >= 0.6 is 23.1 Å². The highest BCUT2D eigenvalue weighted by Crippen LogP contribution is 2.15. The smallest absolute Gasteiger partial charge is 0.186 e. The van der Waals surface area contributed by atoms with E-state index in [9.17, 15) is 9.59 Å². The van der Waals surface area contributed by atoms with Gasteiger partial charge in [0.15, 0.2) is 10.9 Å². The van der Waals surface area contributed by atoms with E-state index in [0.717, 1.165) is 9.75 Å². The molecule has 0 radical (unpaired) electrons. The van der Waals surface area contributed by atoms with Gasteiger partial charge in [0, 0.05) is 6.92 Å². The minimum atomic E-state index is 0.0613. The fourth-order valence-electron chi connectivity index (χ4n) is 0.855. The summed E-state index contributed by atoms with van der Waals surface area (Å²) in [5.41, 5.74) is 0. The molecule has 0 aliphatic carbocycles. The Morgan fingerprint density at radius 3 is 2.67 bits per heavy atom. The first kappa shape index (κ1) is 12.0. The maximum absolute atomic E-state index is 11.0. The van der Waals surface area contributed by atoms with E-state index in [1.807, 2.05) is 6.07 Å². The van der Waals surface area contributed by atoms with Gasteiger partial charge in [-0.3, -0.25) is 9.59 Å². The van der Waals surface area contributed by atoms with E-state index in [-0.39, 0.29) is 10.9 Å². The van der Waals surface area contributed by atoms with Crippen LogP contribution in [0.5, 0.6) is 0 Å². The van der Waals surface area contributed by atoms with Crippen LogP contribution in [0.2, 0.25) is 0 Å². The monoisotopic (exact) mass is 238 g/mol. The van der Waals surface area contributed by atoms with Crippen molar-refractivity contribution in [3.8, 4) is 11.8 Å². The summed E-state index contributed by atoms with van der Waals surface area (Å²) in [5.74, 6) is 6.36. The molecule has 0 aliphatic rings. The number of carbonyl (C=O) groups is 2. The summed E-state index contributed by atoms with van der Waals surface area (Å²) in [6, 6.07) is 3.60. The van der Waals surface area contributed by atoms with Crippen molar-refractivity contribution in [1.29, 1.82) is 0 Å². The van der Waals surface area contributed by atoms with Crippen molar-refractivity contribution in [3.05, 3.63) is 21.9 Å². The fraction of sp³-hybridized carbons (Fsp3) is 0.273. The van der Waals surface area contributed by atoms with Crippen molar-refractivity contribution in [2.45, 2.75) is 13.8 Å². The van der Waals surface area contributed by atoms with Crippen molar-refractivity contribution < 1.29 is 9.59 Å². The molecule has 2 nitrogen and oxygen atoms in total. The van der Waals surface area contributed by atoms with Crippen LogP contribution in [0.1, 0.15) is 28.4 Å². The zero-order chi connectivity index (χ0) is 11.3. The number of rotatable bonds is 2. The van der Waals surface area contributed by atoms with Gasteiger partial charge in [-0.2, -0.15) is 0 Å². The summed E-state index contributed by atoms with van der Waals surface area (Å²) in [6.07, 6.45) is 0. The summed E-state index contributed by atoms with van der Waals surface area (Å²) >= 11 is 2.57. The summed E-state index contributed by atoms with van der Waals surface area (Å²) in [4.78, 5) is 23.2. The lowest BCUT2D eigenvalue weighted by molar-refractivity contribution is -0.109. The molecular weight excluding hydrogens is 228 g/mol. The average molecular weight is 238 g/mol. The lowest BCUT2D eigenvalue weighted by Gasteiger charge is -1.84. The quantitative estimate of drug-likeness (QED) is 0.586. The maximum atomic E-state index is 11.0. The fourth-order valence-corrected chi connectivity index (χ4v) is 1.98. The number of hydrogen-bond acceptors (Lipinski definition) is 4. The van der Waals surface area contributed by atoms with Gasteiger partial charge in [0.25, 0.3) is 0 Å². The minimum absolute atomic E-state index is 0.0613. The molecule has 0 bridgehead atoms. The van der Waals surface area contributed by atoms with Gasteiger partial charge in [-0.25, -0.2) is 0 Å². The molecule has 78 valence electrons. The third-order valence-corrected chi connectivity index (χ3v) is 3.31. The SMILES string of the molecule is CC(=O)SCC#Cc1ccc(C(C)=O)s1. The second kappa shape index (κ2) is 5.74. The van der Waals surface area contributed by atoms with Crippen molar-refractivity contribution in [2.24, 2.45) is 0 Å². The van der Waals surface area contributed by atoms with Crippen molar-refractivity contribution in [3.63, 3.8) is 0 Å². The van der Waals surface area contributed by atoms with E-state index in [1.165, 1.54) is 36.9 Å². The Hall–Kier alpha value is -1.05. The molecule has 0 saturated heterocycles. The molecule has 0 fully saturated rings. The van der Waals surface area contributed by atoms with Gasteiger partial charge in [-0.05, 0) is 19.1 Å². The molecule has 0 N–H and O–H groups in total. The molecule has 1 heterocycles. The van der Waals surface area contributed by atoms with E-state index < -0.39 is 0 Å². The van der Waals surface area contributed by atoms with E-state index in [2.05, 4.69) is 11.8 Å². The van der Waals surface area contributed by atoms with Gasteiger partial charge in [-0.15, -0.1) is 11.3 Å². The summed E-state index contributed by atoms with van der Waals surface area (Å²) in [6.45, 7) is 3.06. The van der Waals surface area contributed by atoms with Crippen LogP contribution in [-0.4, -0.2) is 16.7 Å². The molecule has 1 aromatic heterocycles. The molecule has 0 aromatic carbocycles. The number of ketones is 1. The number of thioether (sulfide) groups is 1. The highest BCUT2D eigenvalue weighted by Gasteiger charge is 2.01. The highest BCUT2D eigenvalue weighted by molar-refractivity contribution is 8.13.